The fraction of sp³-hybridized carbons (Fsp3) is 0.562. The van der Waals surface area contributed by atoms with Crippen molar-refractivity contribution in [2.45, 2.75) is 32.3 Å². The fourth-order valence-electron chi connectivity index (χ4n) is 2.52. The molecule has 1 atom stereocenters. The van der Waals surface area contributed by atoms with Crippen LogP contribution in [0.5, 0.6) is 5.75 Å². The minimum atomic E-state index is -0.474. The van der Waals surface area contributed by atoms with Crippen molar-refractivity contribution in [1.82, 2.24) is 4.90 Å². The summed E-state index contributed by atoms with van der Waals surface area (Å²) in [6.07, 6.45) is 3.26. The van der Waals surface area contributed by atoms with Crippen LogP contribution in [0.15, 0.2) is 24.3 Å². The van der Waals surface area contributed by atoms with Crippen LogP contribution >= 0.6 is 0 Å². The Bertz CT molecular complexity index is 441. The smallest absolute Gasteiger partial charge is 0.221 e. The van der Waals surface area contributed by atoms with Crippen molar-refractivity contribution in [3.05, 3.63) is 24.3 Å². The van der Waals surface area contributed by atoms with E-state index in [1.165, 1.54) is 26.2 Å². The van der Waals surface area contributed by atoms with Gasteiger partial charge < -0.3 is 20.1 Å². The van der Waals surface area contributed by atoms with E-state index in [4.69, 9.17) is 4.74 Å². The van der Waals surface area contributed by atoms with E-state index in [1.54, 1.807) is 24.3 Å². The third-order valence-electron chi connectivity index (χ3n) is 3.53. The Balaban J connectivity index is 1.72. The number of hydrogen-bond acceptors (Lipinski definition) is 4. The minimum absolute atomic E-state index is 0.0966. The largest absolute Gasteiger partial charge is 0.491 e. The lowest BCUT2D eigenvalue weighted by atomic mass is 10.1. The SMILES string of the molecule is CC(=O)Nc1ccc(OCC(O)CN2CCCCC2)cc1. The van der Waals surface area contributed by atoms with Gasteiger partial charge in [0.2, 0.25) is 5.91 Å². The van der Waals surface area contributed by atoms with Crippen LogP contribution in [0.3, 0.4) is 0 Å². The summed E-state index contributed by atoms with van der Waals surface area (Å²) in [7, 11) is 0. The molecule has 0 spiro atoms. The Morgan fingerprint density at radius 2 is 1.95 bits per heavy atom. The van der Waals surface area contributed by atoms with E-state index < -0.39 is 6.10 Å². The van der Waals surface area contributed by atoms with Gasteiger partial charge in [0.15, 0.2) is 0 Å². The lowest BCUT2D eigenvalue weighted by Crippen LogP contribution is -2.38. The van der Waals surface area contributed by atoms with Gasteiger partial charge in [-0.15, -0.1) is 0 Å². The number of rotatable bonds is 6. The second kappa shape index (κ2) is 8.00. The Morgan fingerprint density at radius 1 is 1.29 bits per heavy atom. The van der Waals surface area contributed by atoms with Gasteiger partial charge in [-0.25, -0.2) is 0 Å². The molecule has 1 saturated heterocycles. The van der Waals surface area contributed by atoms with Crippen LogP contribution in [0.2, 0.25) is 0 Å². The monoisotopic (exact) mass is 292 g/mol. The number of β-amino-alcohol motifs (C(OH)–C–C–N with tert-alkyl or cyclic N) is 1. The molecule has 1 amide bonds. The first-order chi connectivity index (χ1) is 10.1. The number of hydrogen-bond donors (Lipinski definition) is 2. The van der Waals surface area contributed by atoms with Crippen molar-refractivity contribution in [3.63, 3.8) is 0 Å². The second-order valence-electron chi connectivity index (χ2n) is 5.53. The van der Waals surface area contributed by atoms with Gasteiger partial charge in [-0.3, -0.25) is 4.79 Å². The van der Waals surface area contributed by atoms with Gasteiger partial charge >= 0.3 is 0 Å². The van der Waals surface area contributed by atoms with Gasteiger partial charge in [0.25, 0.3) is 0 Å². The summed E-state index contributed by atoms with van der Waals surface area (Å²) in [4.78, 5) is 13.2. The highest BCUT2D eigenvalue weighted by atomic mass is 16.5. The van der Waals surface area contributed by atoms with Gasteiger partial charge in [0.05, 0.1) is 0 Å². The van der Waals surface area contributed by atoms with E-state index in [0.717, 1.165) is 18.8 Å². The van der Waals surface area contributed by atoms with E-state index in [1.807, 2.05) is 0 Å². The third-order valence-corrected chi connectivity index (χ3v) is 3.53. The number of likely N-dealkylation sites (tertiary alicyclic amines) is 1. The number of ether oxygens (including phenoxy) is 1. The number of aliphatic hydroxyl groups is 1. The first-order valence-electron chi connectivity index (χ1n) is 7.54. The van der Waals surface area contributed by atoms with Gasteiger partial charge in [-0.05, 0) is 50.2 Å². The highest BCUT2D eigenvalue weighted by molar-refractivity contribution is 5.88. The lowest BCUT2D eigenvalue weighted by molar-refractivity contribution is -0.114. The number of nitrogens with zero attached hydrogens (tertiary/aromatic N) is 1. The zero-order chi connectivity index (χ0) is 15.1. The van der Waals surface area contributed by atoms with E-state index in [-0.39, 0.29) is 12.5 Å². The number of piperidine rings is 1. The van der Waals surface area contributed by atoms with E-state index in [0.29, 0.717) is 12.3 Å². The molecule has 0 aliphatic carbocycles. The summed E-state index contributed by atoms with van der Waals surface area (Å²) in [6.45, 7) is 4.58. The molecule has 5 nitrogen and oxygen atoms in total. The molecule has 0 bridgehead atoms. The van der Waals surface area contributed by atoms with Gasteiger partial charge in [-0.2, -0.15) is 0 Å². The van der Waals surface area contributed by atoms with Crippen LogP contribution < -0.4 is 10.1 Å². The molecule has 5 heteroatoms. The number of amides is 1. The van der Waals surface area contributed by atoms with Crippen LogP contribution in [0.25, 0.3) is 0 Å². The molecule has 1 fully saturated rings. The standard InChI is InChI=1S/C16H24N2O3/c1-13(19)17-14-5-7-16(8-6-14)21-12-15(20)11-18-9-3-2-4-10-18/h5-8,15,20H,2-4,9-12H2,1H3,(H,17,19). The van der Waals surface area contributed by atoms with Crippen molar-refractivity contribution >= 4 is 11.6 Å². The maximum atomic E-state index is 10.9. The van der Waals surface area contributed by atoms with Gasteiger partial charge in [-0.1, -0.05) is 6.42 Å². The number of carbonyl (C=O) groups excluding carboxylic acids is 1. The summed E-state index contributed by atoms with van der Waals surface area (Å²) in [5.41, 5.74) is 0.740. The lowest BCUT2D eigenvalue weighted by Gasteiger charge is -2.28. The predicted molar refractivity (Wildman–Crippen MR) is 82.5 cm³/mol. The first kappa shape index (κ1) is 15.8. The summed E-state index contributed by atoms with van der Waals surface area (Å²) >= 11 is 0. The van der Waals surface area contributed by atoms with Crippen LogP contribution in [0, 0.1) is 0 Å². The van der Waals surface area contributed by atoms with Crippen LogP contribution in [0.4, 0.5) is 5.69 Å². The zero-order valence-electron chi connectivity index (χ0n) is 12.5. The Kier molecular flexibility index (Phi) is 6.02. The third kappa shape index (κ3) is 5.73. The molecule has 0 radical (unpaired) electrons. The van der Waals surface area contributed by atoms with Gasteiger partial charge in [0.1, 0.15) is 18.5 Å². The van der Waals surface area contributed by atoms with Crippen molar-refractivity contribution < 1.29 is 14.6 Å². The molecule has 2 N–H and O–H groups in total. The zero-order valence-corrected chi connectivity index (χ0v) is 12.5. The molecule has 2 rings (SSSR count). The molecule has 21 heavy (non-hydrogen) atoms. The van der Waals surface area contributed by atoms with Crippen LogP contribution in [0.1, 0.15) is 26.2 Å². The second-order valence-corrected chi connectivity index (χ2v) is 5.53. The molecule has 1 aliphatic heterocycles. The molecule has 1 aromatic carbocycles. The van der Waals surface area contributed by atoms with E-state index in [9.17, 15) is 9.90 Å². The molecule has 1 unspecified atom stereocenters. The van der Waals surface area contributed by atoms with Crippen LogP contribution in [-0.2, 0) is 4.79 Å². The van der Waals surface area contributed by atoms with Crippen molar-refractivity contribution in [1.29, 1.82) is 0 Å². The molecule has 1 aliphatic rings. The number of aliphatic hydroxyl groups excluding tert-OH is 1. The maximum absolute atomic E-state index is 10.9. The molecule has 0 saturated carbocycles. The number of benzene rings is 1. The number of anilines is 1. The minimum Gasteiger partial charge on any atom is -0.491 e. The number of carbonyl (C=O) groups is 1. The molecule has 0 aromatic heterocycles. The first-order valence-corrected chi connectivity index (χ1v) is 7.54. The summed E-state index contributed by atoms with van der Waals surface area (Å²) < 4.78 is 5.58. The average molecular weight is 292 g/mol. The van der Waals surface area contributed by atoms with Crippen molar-refractivity contribution in [3.8, 4) is 5.75 Å². The molecular formula is C16H24N2O3. The highest BCUT2D eigenvalue weighted by Crippen LogP contribution is 2.16. The Morgan fingerprint density at radius 3 is 2.57 bits per heavy atom. The fourth-order valence-corrected chi connectivity index (χ4v) is 2.52. The Hall–Kier alpha value is -1.59. The van der Waals surface area contributed by atoms with Crippen LogP contribution in [-0.4, -0.2) is 48.3 Å². The summed E-state index contributed by atoms with van der Waals surface area (Å²) in [5, 5.41) is 12.7. The average Bonchev–Trinajstić information content (AvgIpc) is 2.47. The predicted octanol–water partition coefficient (Wildman–Crippen LogP) is 1.87. The summed E-state index contributed by atoms with van der Waals surface area (Å²) in [5.74, 6) is 0.599. The molecule has 1 heterocycles. The topological polar surface area (TPSA) is 61.8 Å². The number of nitrogens with one attached hydrogen (secondary N) is 1. The highest BCUT2D eigenvalue weighted by Gasteiger charge is 2.14. The normalized spacial score (nSPS) is 17.2. The molecule has 116 valence electrons. The van der Waals surface area contributed by atoms with Gasteiger partial charge in [0, 0.05) is 19.2 Å². The maximum Gasteiger partial charge on any atom is 0.221 e. The molecular weight excluding hydrogens is 268 g/mol. The summed E-state index contributed by atoms with van der Waals surface area (Å²) in [6, 6.07) is 7.15. The van der Waals surface area contributed by atoms with E-state index >= 15 is 0 Å². The quantitative estimate of drug-likeness (QED) is 0.840. The Labute approximate surface area is 125 Å². The van der Waals surface area contributed by atoms with E-state index in [2.05, 4.69) is 10.2 Å². The molecule has 1 aromatic rings. The van der Waals surface area contributed by atoms with Crippen molar-refractivity contribution in [2.24, 2.45) is 0 Å². The van der Waals surface area contributed by atoms with Crippen molar-refractivity contribution in [2.75, 3.05) is 31.6 Å².